The van der Waals surface area contributed by atoms with Gasteiger partial charge in [-0.3, -0.25) is 9.59 Å². The van der Waals surface area contributed by atoms with Gasteiger partial charge in [0.15, 0.2) is 0 Å². The average Bonchev–Trinajstić information content (AvgIpc) is 3.11. The van der Waals surface area contributed by atoms with Crippen LogP contribution in [0.1, 0.15) is 19.3 Å². The topological polar surface area (TPSA) is 122 Å². The molecule has 0 radical (unpaired) electrons. The quantitative estimate of drug-likeness (QED) is 0.668. The minimum Gasteiger partial charge on any atom is -0.480 e. The molecule has 0 atom stereocenters. The molecule has 2 amide bonds. The Hall–Kier alpha value is -2.30. The van der Waals surface area contributed by atoms with Crippen LogP contribution in [0.25, 0.3) is 0 Å². The van der Waals surface area contributed by atoms with Crippen LogP contribution in [0.4, 0.5) is 4.79 Å². The van der Waals surface area contributed by atoms with Gasteiger partial charge in [0, 0.05) is 12.6 Å². The van der Waals surface area contributed by atoms with E-state index in [0.29, 0.717) is 0 Å². The molecule has 1 fully saturated rings. The molecule has 1 aliphatic rings. The number of amides is 2. The maximum Gasteiger partial charge on any atom is 0.323 e. The van der Waals surface area contributed by atoms with Gasteiger partial charge in [0.05, 0.1) is 12.5 Å². The van der Waals surface area contributed by atoms with Crippen LogP contribution in [0.15, 0.2) is 0 Å². The Kier molecular flexibility index (Phi) is 5.11. The van der Waals surface area contributed by atoms with Crippen molar-refractivity contribution in [1.82, 2.24) is 9.80 Å². The zero-order valence-corrected chi connectivity index (χ0v) is 10.3. The number of nitrogens with zero attached hydrogens (tertiary/aromatic N) is 3. The molecule has 0 spiro atoms. The number of rotatable bonds is 7. The second-order valence-electron chi connectivity index (χ2n) is 4.26. The van der Waals surface area contributed by atoms with E-state index in [1.807, 2.05) is 6.07 Å². The number of aliphatic carboxylic acids is 2. The summed E-state index contributed by atoms with van der Waals surface area (Å²) in [5.41, 5.74) is 0. The van der Waals surface area contributed by atoms with Gasteiger partial charge in [-0.2, -0.15) is 5.26 Å². The molecule has 0 aromatic rings. The lowest BCUT2D eigenvalue weighted by atomic mass is 10.4. The van der Waals surface area contributed by atoms with Crippen molar-refractivity contribution in [1.29, 1.82) is 5.26 Å². The molecular weight excluding hydrogens is 254 g/mol. The molecule has 0 aromatic heterocycles. The number of hydrogen-bond acceptors (Lipinski definition) is 4. The van der Waals surface area contributed by atoms with Crippen LogP contribution in [0.2, 0.25) is 0 Å². The van der Waals surface area contributed by atoms with Crippen molar-refractivity contribution in [3.63, 3.8) is 0 Å². The lowest BCUT2D eigenvalue weighted by Gasteiger charge is -2.28. The maximum atomic E-state index is 12.1. The van der Waals surface area contributed by atoms with Crippen LogP contribution >= 0.6 is 0 Å². The van der Waals surface area contributed by atoms with Crippen LogP contribution in [-0.4, -0.2) is 63.7 Å². The molecule has 2 N–H and O–H groups in total. The van der Waals surface area contributed by atoms with Gasteiger partial charge in [-0.25, -0.2) is 4.79 Å². The molecule has 0 aromatic carbocycles. The van der Waals surface area contributed by atoms with Crippen molar-refractivity contribution >= 4 is 18.0 Å². The molecular formula is C11H15N3O5. The lowest BCUT2D eigenvalue weighted by Crippen LogP contribution is -2.48. The third kappa shape index (κ3) is 4.83. The molecule has 0 bridgehead atoms. The van der Waals surface area contributed by atoms with Crippen LogP contribution in [-0.2, 0) is 9.59 Å². The molecule has 1 aliphatic carbocycles. The number of carboxylic acids is 2. The van der Waals surface area contributed by atoms with E-state index in [2.05, 4.69) is 0 Å². The van der Waals surface area contributed by atoms with E-state index in [-0.39, 0.29) is 19.0 Å². The third-order valence-corrected chi connectivity index (χ3v) is 2.62. The fourth-order valence-corrected chi connectivity index (χ4v) is 1.69. The minimum absolute atomic E-state index is 0.00839. The van der Waals surface area contributed by atoms with E-state index in [1.165, 1.54) is 4.90 Å². The monoisotopic (exact) mass is 269 g/mol. The molecule has 8 nitrogen and oxygen atoms in total. The number of hydrogen-bond donors (Lipinski definition) is 2. The van der Waals surface area contributed by atoms with Gasteiger partial charge >= 0.3 is 18.0 Å². The van der Waals surface area contributed by atoms with E-state index in [1.54, 1.807) is 0 Å². The fourth-order valence-electron chi connectivity index (χ4n) is 1.69. The van der Waals surface area contributed by atoms with Crippen molar-refractivity contribution in [3.05, 3.63) is 0 Å². The predicted molar refractivity (Wildman–Crippen MR) is 62.2 cm³/mol. The molecule has 0 aliphatic heterocycles. The first-order chi connectivity index (χ1) is 8.95. The normalized spacial score (nSPS) is 13.4. The number of carbonyl (C=O) groups is 3. The Balaban J connectivity index is 2.73. The van der Waals surface area contributed by atoms with Gasteiger partial charge in [0.2, 0.25) is 0 Å². The molecule has 0 heterocycles. The Morgan fingerprint density at radius 1 is 1.16 bits per heavy atom. The predicted octanol–water partition coefficient (Wildman–Crippen LogP) is -0.0443. The van der Waals surface area contributed by atoms with E-state index < -0.39 is 31.1 Å². The molecule has 8 heteroatoms. The Bertz CT molecular complexity index is 397. The van der Waals surface area contributed by atoms with Crippen LogP contribution in [0, 0.1) is 11.3 Å². The Labute approximate surface area is 109 Å². The minimum atomic E-state index is -1.27. The SMILES string of the molecule is N#CCCN(C(=O)N(CC(=O)O)CC(=O)O)C1CC1. The largest absolute Gasteiger partial charge is 0.480 e. The fraction of sp³-hybridized carbons (Fsp3) is 0.636. The summed E-state index contributed by atoms with van der Waals surface area (Å²) >= 11 is 0. The van der Waals surface area contributed by atoms with E-state index in [4.69, 9.17) is 15.5 Å². The van der Waals surface area contributed by atoms with Gasteiger partial charge in [-0.15, -0.1) is 0 Å². The molecule has 104 valence electrons. The second-order valence-corrected chi connectivity index (χ2v) is 4.26. The highest BCUT2D eigenvalue weighted by atomic mass is 16.4. The molecule has 19 heavy (non-hydrogen) atoms. The number of urea groups is 1. The van der Waals surface area contributed by atoms with E-state index in [9.17, 15) is 14.4 Å². The smallest absolute Gasteiger partial charge is 0.323 e. The lowest BCUT2D eigenvalue weighted by molar-refractivity contribution is -0.140. The molecule has 1 saturated carbocycles. The Morgan fingerprint density at radius 3 is 2.05 bits per heavy atom. The molecule has 0 saturated heterocycles. The highest BCUT2D eigenvalue weighted by molar-refractivity contribution is 5.84. The summed E-state index contributed by atoms with van der Waals surface area (Å²) in [4.78, 5) is 35.6. The molecule has 1 rings (SSSR count). The van der Waals surface area contributed by atoms with Crippen molar-refractivity contribution in [2.24, 2.45) is 0 Å². The number of carboxylic acid groups (broad SMARTS) is 2. The van der Waals surface area contributed by atoms with Gasteiger partial charge in [0.25, 0.3) is 0 Å². The van der Waals surface area contributed by atoms with Gasteiger partial charge < -0.3 is 20.0 Å². The second kappa shape index (κ2) is 6.58. The van der Waals surface area contributed by atoms with Crippen molar-refractivity contribution < 1.29 is 24.6 Å². The first-order valence-electron chi connectivity index (χ1n) is 5.81. The Morgan fingerprint density at radius 2 is 1.68 bits per heavy atom. The summed E-state index contributed by atoms with van der Waals surface area (Å²) in [5, 5.41) is 25.9. The maximum absolute atomic E-state index is 12.1. The highest BCUT2D eigenvalue weighted by Crippen LogP contribution is 2.27. The van der Waals surface area contributed by atoms with Crippen molar-refractivity contribution in [2.45, 2.75) is 25.3 Å². The molecule has 0 unspecified atom stereocenters. The van der Waals surface area contributed by atoms with Crippen LogP contribution < -0.4 is 0 Å². The van der Waals surface area contributed by atoms with E-state index in [0.717, 1.165) is 17.7 Å². The summed E-state index contributed by atoms with van der Waals surface area (Å²) < 4.78 is 0. The van der Waals surface area contributed by atoms with Crippen molar-refractivity contribution in [2.75, 3.05) is 19.6 Å². The van der Waals surface area contributed by atoms with Gasteiger partial charge in [-0.1, -0.05) is 0 Å². The van der Waals surface area contributed by atoms with Gasteiger partial charge in [-0.05, 0) is 12.8 Å². The summed E-state index contributed by atoms with van der Waals surface area (Å²) in [7, 11) is 0. The van der Waals surface area contributed by atoms with E-state index >= 15 is 0 Å². The summed E-state index contributed by atoms with van der Waals surface area (Å²) in [6.45, 7) is -1.14. The number of nitriles is 1. The van der Waals surface area contributed by atoms with Crippen molar-refractivity contribution in [3.8, 4) is 6.07 Å². The first kappa shape index (κ1) is 14.8. The number of carbonyl (C=O) groups excluding carboxylic acids is 1. The first-order valence-corrected chi connectivity index (χ1v) is 5.81. The summed E-state index contributed by atoms with van der Waals surface area (Å²) in [5.74, 6) is -2.55. The third-order valence-electron chi connectivity index (χ3n) is 2.62. The zero-order chi connectivity index (χ0) is 14.4. The van der Waals surface area contributed by atoms with Gasteiger partial charge in [0.1, 0.15) is 13.1 Å². The summed E-state index contributed by atoms with van der Waals surface area (Å²) in [6.07, 6.45) is 1.73. The average molecular weight is 269 g/mol. The highest BCUT2D eigenvalue weighted by Gasteiger charge is 2.35. The van der Waals surface area contributed by atoms with Crippen LogP contribution in [0.3, 0.4) is 0 Å². The van der Waals surface area contributed by atoms with Crippen LogP contribution in [0.5, 0.6) is 0 Å². The zero-order valence-electron chi connectivity index (χ0n) is 10.3. The standard InChI is InChI=1S/C11H15N3O5/c12-4-1-5-14(8-2-3-8)11(19)13(6-9(15)16)7-10(17)18/h8H,1-3,5-7H2,(H,15,16)(H,17,18). The summed E-state index contributed by atoms with van der Waals surface area (Å²) in [6, 6.07) is 1.27.